The van der Waals surface area contributed by atoms with Crippen molar-refractivity contribution in [2.45, 2.75) is 0 Å². The summed E-state index contributed by atoms with van der Waals surface area (Å²) in [5, 5.41) is 16.8. The molecule has 0 amide bonds. The van der Waals surface area contributed by atoms with Crippen molar-refractivity contribution in [2.24, 2.45) is 0 Å². The predicted molar refractivity (Wildman–Crippen MR) is 350 cm³/mol. The van der Waals surface area contributed by atoms with Crippen molar-refractivity contribution in [3.8, 4) is 0 Å². The molecule has 12 aromatic rings. The first-order chi connectivity index (χ1) is 37.8. The second kappa shape index (κ2) is 40.6. The molecule has 5 N–H and O–H groups in total. The molecule has 0 aliphatic heterocycles. The predicted octanol–water partition coefficient (Wildman–Crippen LogP) is 12.9. The van der Waals surface area contributed by atoms with E-state index in [0.29, 0.717) is 0 Å². The molecular formula is C72H65O5P4PdRh. The molecule has 0 aliphatic carbocycles. The van der Waals surface area contributed by atoms with Crippen LogP contribution in [0.5, 0.6) is 0 Å². The number of hydrogen-bond acceptors (Lipinski definition) is 5. The van der Waals surface area contributed by atoms with Gasteiger partial charge in [0.15, 0.2) is 0 Å². The van der Waals surface area contributed by atoms with Crippen molar-refractivity contribution in [1.29, 1.82) is 0 Å². The molecule has 0 unspecified atom stereocenters. The Morgan fingerprint density at radius 1 is 0.120 bits per heavy atom. The number of rotatable bonds is 12. The van der Waals surface area contributed by atoms with Gasteiger partial charge in [-0.25, -0.2) is 0 Å². The van der Waals surface area contributed by atoms with Gasteiger partial charge in [0, 0.05) is 0 Å². The molecule has 422 valence electrons. The van der Waals surface area contributed by atoms with Crippen LogP contribution in [0.25, 0.3) is 0 Å². The third-order valence-corrected chi connectivity index (χ3v) is 21.9. The zero-order chi connectivity index (χ0) is 51.7. The molecule has 11 heteroatoms. The van der Waals surface area contributed by atoms with Crippen LogP contribution in [0.15, 0.2) is 364 Å². The quantitative estimate of drug-likeness (QED) is 0.0881. The molecule has 0 bridgehead atoms. The normalized spacial score (nSPS) is 9.69. The van der Waals surface area contributed by atoms with E-state index in [2.05, 4.69) is 364 Å². The van der Waals surface area contributed by atoms with E-state index in [0.717, 1.165) is 0 Å². The van der Waals surface area contributed by atoms with Crippen LogP contribution >= 0.6 is 31.7 Å². The maximum atomic E-state index is 2.23. The monoisotopic (exact) mass is 1340 g/mol. The molecule has 0 radical (unpaired) electrons. The van der Waals surface area contributed by atoms with Gasteiger partial charge in [-0.2, -0.15) is 0 Å². The van der Waals surface area contributed by atoms with E-state index >= 15 is 0 Å². The van der Waals surface area contributed by atoms with Crippen molar-refractivity contribution in [1.82, 2.24) is 0 Å². The van der Waals surface area contributed by atoms with Crippen LogP contribution < -0.4 is 63.7 Å². The van der Waals surface area contributed by atoms with Crippen LogP contribution in [0.3, 0.4) is 0 Å². The van der Waals surface area contributed by atoms with Gasteiger partial charge in [-0.05, 0) is 95.3 Å². The van der Waals surface area contributed by atoms with Crippen molar-refractivity contribution in [3.63, 3.8) is 0 Å². The average Bonchev–Trinajstić information content (AvgIpc) is 3.54. The maximum Gasteiger partial charge on any atom is 3.00 e. The van der Waals surface area contributed by atoms with Crippen molar-refractivity contribution >= 4 is 95.3 Å². The zero-order valence-corrected chi connectivity index (χ0v) is 52.1. The third kappa shape index (κ3) is 21.5. The van der Waals surface area contributed by atoms with E-state index in [1.165, 1.54) is 63.7 Å². The molecule has 0 heterocycles. The van der Waals surface area contributed by atoms with Gasteiger partial charge in [-0.3, -0.25) is 0 Å². The zero-order valence-electron chi connectivity index (χ0n) is 45.3. The first-order valence-corrected chi connectivity index (χ1v) is 31.0. The Labute approximate surface area is 522 Å². The summed E-state index contributed by atoms with van der Waals surface area (Å²) in [5.41, 5.74) is 0. The fourth-order valence-electron chi connectivity index (χ4n) is 8.71. The van der Waals surface area contributed by atoms with Crippen molar-refractivity contribution < 1.29 is 67.3 Å². The topological polar surface area (TPSA) is 150 Å². The van der Waals surface area contributed by atoms with E-state index in [4.69, 9.17) is 0 Å². The fourth-order valence-corrected chi connectivity index (χ4v) is 17.9. The summed E-state index contributed by atoms with van der Waals surface area (Å²) in [7, 11) is -1.78. The summed E-state index contributed by atoms with van der Waals surface area (Å²) in [6.45, 7) is 0. The van der Waals surface area contributed by atoms with Crippen LogP contribution in [0.4, 0.5) is 0 Å². The first-order valence-electron chi connectivity index (χ1n) is 25.6. The van der Waals surface area contributed by atoms with Crippen LogP contribution in [-0.4, -0.2) is 27.4 Å². The van der Waals surface area contributed by atoms with E-state index in [1.807, 2.05) is 0 Å². The largest absolute Gasteiger partial charge is 3.00 e. The molecule has 0 atom stereocenters. The fraction of sp³-hybridized carbons (Fsp3) is 0. The molecule has 0 fully saturated rings. The van der Waals surface area contributed by atoms with Crippen LogP contribution in [0, 0.1) is 0 Å². The van der Waals surface area contributed by atoms with Gasteiger partial charge in [0.25, 0.3) is 0 Å². The standard InChI is InChI=1S/4C18H15P.5H2O.Pd.Rh/c4*1-4-10-16(11-5-1)19(17-12-6-2-7-13-17)18-14-8-3-9-15-18;;;;;;;/h4*1-15H;5*1H2;;/q;;;;;;;;;+2;+3/p-5. The summed E-state index contributed by atoms with van der Waals surface area (Å²) in [4.78, 5) is 0. The number of benzene rings is 12. The van der Waals surface area contributed by atoms with Crippen molar-refractivity contribution in [2.75, 3.05) is 0 Å². The molecule has 0 aliphatic rings. The Morgan fingerprint density at radius 3 is 0.241 bits per heavy atom. The molecule has 12 aromatic carbocycles. The Hall–Kier alpha value is -6.55. The van der Waals surface area contributed by atoms with Gasteiger partial charge < -0.3 is 27.4 Å². The van der Waals surface area contributed by atoms with Gasteiger partial charge in [-0.1, -0.05) is 364 Å². The average molecular weight is 1340 g/mol. The SMILES string of the molecule is [OH-].[OH-].[OH-].[OH-].[OH-].[Pd+2].[Rh+3].c1ccc(P(c2ccccc2)c2ccccc2)cc1.c1ccc(P(c2ccccc2)c2ccccc2)cc1.c1ccc(P(c2ccccc2)c2ccccc2)cc1.c1ccc(P(c2ccccc2)c2ccccc2)cc1. The first kappa shape index (κ1) is 72.5. The summed E-state index contributed by atoms with van der Waals surface area (Å²) >= 11 is 0. The maximum absolute atomic E-state index is 2.23. The van der Waals surface area contributed by atoms with Gasteiger partial charge >= 0.3 is 39.9 Å². The van der Waals surface area contributed by atoms with Crippen molar-refractivity contribution in [3.05, 3.63) is 364 Å². The Morgan fingerprint density at radius 2 is 0.181 bits per heavy atom. The van der Waals surface area contributed by atoms with Crippen LogP contribution in [-0.2, 0) is 39.9 Å². The smallest absolute Gasteiger partial charge is 0.870 e. The molecule has 0 saturated heterocycles. The summed E-state index contributed by atoms with van der Waals surface area (Å²) in [6.07, 6.45) is 0. The van der Waals surface area contributed by atoms with Crippen LogP contribution in [0.2, 0.25) is 0 Å². The molecule has 83 heavy (non-hydrogen) atoms. The van der Waals surface area contributed by atoms with Gasteiger partial charge in [0.05, 0.1) is 0 Å². The minimum absolute atomic E-state index is 0. The van der Waals surface area contributed by atoms with E-state index in [-0.39, 0.29) is 67.3 Å². The summed E-state index contributed by atoms with van der Waals surface area (Å²) < 4.78 is 0. The summed E-state index contributed by atoms with van der Waals surface area (Å²) in [6, 6.07) is 129. The van der Waals surface area contributed by atoms with Gasteiger partial charge in [0.2, 0.25) is 0 Å². The molecule has 0 saturated carbocycles. The number of hydrogen-bond donors (Lipinski definition) is 0. The molecule has 12 rings (SSSR count). The minimum Gasteiger partial charge on any atom is -0.870 e. The Bertz CT molecular complexity index is 2610. The van der Waals surface area contributed by atoms with E-state index < -0.39 is 31.7 Å². The van der Waals surface area contributed by atoms with E-state index in [1.54, 1.807) is 0 Å². The molecule has 0 aromatic heterocycles. The van der Waals surface area contributed by atoms with Gasteiger partial charge in [0.1, 0.15) is 0 Å². The molecule has 5 nitrogen and oxygen atoms in total. The van der Waals surface area contributed by atoms with E-state index in [9.17, 15) is 0 Å². The second-order valence-corrected chi connectivity index (χ2v) is 26.2. The van der Waals surface area contributed by atoms with Crippen LogP contribution in [0.1, 0.15) is 0 Å². The minimum atomic E-state index is -0.446. The second-order valence-electron chi connectivity index (χ2n) is 17.4. The third-order valence-electron chi connectivity index (χ3n) is 12.2. The summed E-state index contributed by atoms with van der Waals surface area (Å²) in [5.74, 6) is 0. The van der Waals surface area contributed by atoms with Gasteiger partial charge in [-0.15, -0.1) is 0 Å². The Balaban J connectivity index is 0.000000367. The molecule has 0 spiro atoms. The Kier molecular flexibility index (Phi) is 35.5. The molecular weight excluding hydrogens is 1280 g/mol.